The van der Waals surface area contributed by atoms with Gasteiger partial charge in [-0.25, -0.2) is 9.97 Å². The minimum Gasteiger partial charge on any atom is -0.368 e. The van der Waals surface area contributed by atoms with Crippen LogP contribution in [0.2, 0.25) is 0 Å². The fraction of sp³-hybridized carbons (Fsp3) is 0.583. The highest BCUT2D eigenvalue weighted by Crippen LogP contribution is 2.05. The maximum absolute atomic E-state index is 11.8. The van der Waals surface area contributed by atoms with Crippen LogP contribution in [0.25, 0.3) is 0 Å². The van der Waals surface area contributed by atoms with Crippen molar-refractivity contribution in [1.82, 2.24) is 20.2 Å². The van der Waals surface area contributed by atoms with Gasteiger partial charge in [0.2, 0.25) is 0 Å². The summed E-state index contributed by atoms with van der Waals surface area (Å²) in [5, 5.41) is 5.95. The highest BCUT2D eigenvalue weighted by molar-refractivity contribution is 5.92. The highest BCUT2D eigenvalue weighted by atomic mass is 16.1. The topological polar surface area (TPSA) is 70.2 Å². The second kappa shape index (κ2) is 6.90. The summed E-state index contributed by atoms with van der Waals surface area (Å²) in [6.45, 7) is 5.43. The normalized spacial score (nSPS) is 10.8. The summed E-state index contributed by atoms with van der Waals surface area (Å²) in [4.78, 5) is 21.9. The van der Waals surface area contributed by atoms with E-state index >= 15 is 0 Å². The maximum atomic E-state index is 11.8. The number of carbonyl (C=O) groups excluding carboxylic acids is 1. The van der Waals surface area contributed by atoms with Gasteiger partial charge in [0.1, 0.15) is 17.8 Å². The molecular formula is C12H21N5O. The molecule has 0 spiro atoms. The standard InChI is InChI=1S/C12H21N5O/c1-9(2)16-11-7-10(14-8-15-11)12(18)13-5-6-17(3)4/h7-9H,5-6H2,1-4H3,(H,13,18)(H,14,15,16). The van der Waals surface area contributed by atoms with Crippen molar-refractivity contribution in [2.24, 2.45) is 0 Å². The molecule has 100 valence electrons. The van der Waals surface area contributed by atoms with Crippen molar-refractivity contribution in [3.05, 3.63) is 18.1 Å². The van der Waals surface area contributed by atoms with Crippen LogP contribution in [0.1, 0.15) is 24.3 Å². The van der Waals surface area contributed by atoms with Crippen LogP contribution in [0.4, 0.5) is 5.82 Å². The molecule has 0 saturated heterocycles. The smallest absolute Gasteiger partial charge is 0.270 e. The van der Waals surface area contributed by atoms with Gasteiger partial charge in [-0.2, -0.15) is 0 Å². The largest absolute Gasteiger partial charge is 0.368 e. The van der Waals surface area contributed by atoms with Gasteiger partial charge in [-0.1, -0.05) is 0 Å². The van der Waals surface area contributed by atoms with E-state index < -0.39 is 0 Å². The molecule has 0 aliphatic heterocycles. The van der Waals surface area contributed by atoms with Gasteiger partial charge in [-0.15, -0.1) is 0 Å². The van der Waals surface area contributed by atoms with Gasteiger partial charge < -0.3 is 15.5 Å². The molecule has 0 aliphatic rings. The van der Waals surface area contributed by atoms with Gasteiger partial charge in [0, 0.05) is 25.2 Å². The van der Waals surface area contributed by atoms with E-state index in [-0.39, 0.29) is 11.9 Å². The second-order valence-corrected chi connectivity index (χ2v) is 4.65. The third-order valence-electron chi connectivity index (χ3n) is 2.18. The molecule has 0 bridgehead atoms. The monoisotopic (exact) mass is 251 g/mol. The average molecular weight is 251 g/mol. The molecule has 1 amide bonds. The number of hydrogen-bond donors (Lipinski definition) is 2. The Balaban J connectivity index is 2.57. The zero-order valence-electron chi connectivity index (χ0n) is 11.4. The van der Waals surface area contributed by atoms with E-state index in [9.17, 15) is 4.79 Å². The molecule has 18 heavy (non-hydrogen) atoms. The molecule has 0 aliphatic carbocycles. The number of anilines is 1. The van der Waals surface area contributed by atoms with E-state index in [0.717, 1.165) is 6.54 Å². The third kappa shape index (κ3) is 5.09. The molecule has 0 fully saturated rings. The fourth-order valence-electron chi connectivity index (χ4n) is 1.34. The quantitative estimate of drug-likeness (QED) is 0.774. The molecule has 2 N–H and O–H groups in total. The average Bonchev–Trinajstić information content (AvgIpc) is 2.27. The predicted octanol–water partition coefficient (Wildman–Crippen LogP) is 0.588. The minimum atomic E-state index is -0.175. The summed E-state index contributed by atoms with van der Waals surface area (Å²) in [5.74, 6) is 0.490. The van der Waals surface area contributed by atoms with Gasteiger partial charge in [0.15, 0.2) is 0 Å². The first-order valence-corrected chi connectivity index (χ1v) is 6.00. The Morgan fingerprint density at radius 3 is 2.72 bits per heavy atom. The van der Waals surface area contributed by atoms with Gasteiger partial charge >= 0.3 is 0 Å². The van der Waals surface area contributed by atoms with Gasteiger partial charge in [-0.05, 0) is 27.9 Å². The maximum Gasteiger partial charge on any atom is 0.270 e. The van der Waals surface area contributed by atoms with Crippen molar-refractivity contribution in [2.45, 2.75) is 19.9 Å². The first kappa shape index (κ1) is 14.4. The van der Waals surface area contributed by atoms with E-state index in [0.29, 0.717) is 18.1 Å². The van der Waals surface area contributed by atoms with Crippen molar-refractivity contribution >= 4 is 11.7 Å². The lowest BCUT2D eigenvalue weighted by molar-refractivity contribution is 0.0946. The zero-order chi connectivity index (χ0) is 13.5. The number of nitrogens with one attached hydrogen (secondary N) is 2. The van der Waals surface area contributed by atoms with Crippen LogP contribution < -0.4 is 10.6 Å². The van der Waals surface area contributed by atoms with Crippen molar-refractivity contribution in [2.75, 3.05) is 32.5 Å². The molecule has 0 saturated carbocycles. The summed E-state index contributed by atoms with van der Waals surface area (Å²) in [5.41, 5.74) is 0.381. The van der Waals surface area contributed by atoms with Crippen molar-refractivity contribution < 1.29 is 4.79 Å². The van der Waals surface area contributed by atoms with Gasteiger partial charge in [0.25, 0.3) is 5.91 Å². The number of rotatable bonds is 6. The van der Waals surface area contributed by atoms with E-state index in [1.807, 2.05) is 32.8 Å². The molecule has 6 heteroatoms. The molecule has 1 aromatic heterocycles. The van der Waals surface area contributed by atoms with Crippen LogP contribution >= 0.6 is 0 Å². The number of carbonyl (C=O) groups is 1. The second-order valence-electron chi connectivity index (χ2n) is 4.65. The number of aromatic nitrogens is 2. The van der Waals surface area contributed by atoms with Crippen LogP contribution in [0, 0.1) is 0 Å². The minimum absolute atomic E-state index is 0.175. The first-order chi connectivity index (χ1) is 8.49. The van der Waals surface area contributed by atoms with Crippen LogP contribution in [0.5, 0.6) is 0 Å². The number of likely N-dealkylation sites (N-methyl/N-ethyl adjacent to an activating group) is 1. The zero-order valence-corrected chi connectivity index (χ0v) is 11.4. The Morgan fingerprint density at radius 1 is 1.39 bits per heavy atom. The van der Waals surface area contributed by atoms with Gasteiger partial charge in [0.05, 0.1) is 0 Å². The van der Waals surface area contributed by atoms with Crippen LogP contribution in [-0.2, 0) is 0 Å². The molecule has 0 atom stereocenters. The van der Waals surface area contributed by atoms with Crippen LogP contribution in [0.3, 0.4) is 0 Å². The number of hydrogen-bond acceptors (Lipinski definition) is 5. The van der Waals surface area contributed by atoms with Crippen LogP contribution in [-0.4, -0.2) is 54.0 Å². The van der Waals surface area contributed by atoms with E-state index in [1.54, 1.807) is 6.07 Å². The fourth-order valence-corrected chi connectivity index (χ4v) is 1.34. The van der Waals surface area contributed by atoms with E-state index in [1.165, 1.54) is 6.33 Å². The van der Waals surface area contributed by atoms with Gasteiger partial charge in [-0.3, -0.25) is 4.79 Å². The molecule has 1 rings (SSSR count). The molecule has 0 radical (unpaired) electrons. The number of amides is 1. The summed E-state index contributed by atoms with van der Waals surface area (Å²) in [6, 6.07) is 1.93. The Bertz CT molecular complexity index is 392. The molecule has 0 unspecified atom stereocenters. The van der Waals surface area contributed by atoms with Crippen LogP contribution in [0.15, 0.2) is 12.4 Å². The highest BCUT2D eigenvalue weighted by Gasteiger charge is 2.08. The lowest BCUT2D eigenvalue weighted by atomic mass is 10.3. The summed E-state index contributed by atoms with van der Waals surface area (Å²) < 4.78 is 0. The molecule has 1 heterocycles. The first-order valence-electron chi connectivity index (χ1n) is 6.00. The summed E-state index contributed by atoms with van der Waals surface area (Å²) in [6.07, 6.45) is 1.39. The molecule has 6 nitrogen and oxygen atoms in total. The Morgan fingerprint density at radius 2 is 2.11 bits per heavy atom. The van der Waals surface area contributed by atoms with E-state index in [2.05, 4.69) is 20.6 Å². The molecule has 0 aromatic carbocycles. The van der Waals surface area contributed by atoms with E-state index in [4.69, 9.17) is 0 Å². The SMILES string of the molecule is CC(C)Nc1cc(C(=O)NCCN(C)C)ncn1. The van der Waals surface area contributed by atoms with Crippen molar-refractivity contribution in [3.63, 3.8) is 0 Å². The predicted molar refractivity (Wildman–Crippen MR) is 71.7 cm³/mol. The summed E-state index contributed by atoms with van der Waals surface area (Å²) in [7, 11) is 3.92. The Kier molecular flexibility index (Phi) is 5.51. The lowest BCUT2D eigenvalue weighted by Gasteiger charge is -2.11. The van der Waals surface area contributed by atoms with Crippen molar-refractivity contribution in [3.8, 4) is 0 Å². The Hall–Kier alpha value is -1.69. The molecular weight excluding hydrogens is 230 g/mol. The summed E-state index contributed by atoms with van der Waals surface area (Å²) >= 11 is 0. The lowest BCUT2D eigenvalue weighted by Crippen LogP contribution is -2.31. The Labute approximate surface area is 108 Å². The third-order valence-corrected chi connectivity index (χ3v) is 2.18. The molecule has 1 aromatic rings. The van der Waals surface area contributed by atoms with Crippen molar-refractivity contribution in [1.29, 1.82) is 0 Å². The number of nitrogens with zero attached hydrogens (tertiary/aromatic N) is 3.